The molecule has 1 nitrogen and oxygen atoms in total. The molecular formula is C11H16O. The van der Waals surface area contributed by atoms with Crippen LogP contribution in [0.25, 0.3) is 0 Å². The summed E-state index contributed by atoms with van der Waals surface area (Å²) in [4.78, 5) is 10.5. The Balaban J connectivity index is 3.30. The van der Waals surface area contributed by atoms with Gasteiger partial charge in [0.05, 0.1) is 0 Å². The van der Waals surface area contributed by atoms with Crippen LogP contribution in [0.5, 0.6) is 0 Å². The van der Waals surface area contributed by atoms with Gasteiger partial charge in [-0.2, -0.15) is 0 Å². The molecule has 0 aliphatic carbocycles. The van der Waals surface area contributed by atoms with Crippen LogP contribution in [0.2, 0.25) is 0 Å². The summed E-state index contributed by atoms with van der Waals surface area (Å²) in [5, 5.41) is 0. The Bertz CT molecular complexity index is 187. The Morgan fingerprint density at radius 1 is 1.33 bits per heavy atom. The fourth-order valence-corrected chi connectivity index (χ4v) is 0.786. The number of allylic oxidation sites excluding steroid dienone is 5. The van der Waals surface area contributed by atoms with Crippen LogP contribution >= 0.6 is 0 Å². The molecule has 0 heterocycles. The maximum atomic E-state index is 10.5. The third-order valence-corrected chi connectivity index (χ3v) is 1.39. The highest BCUT2D eigenvalue weighted by atomic mass is 16.1. The van der Waals surface area contributed by atoms with E-state index in [9.17, 15) is 4.79 Å². The number of unbranched alkanes of at least 4 members (excludes halogenated alkanes) is 1. The number of Topliss-reactive ketones (excluding diaryl/α,β-unsaturated/α-hetero) is 1. The molecule has 0 unspecified atom stereocenters. The molecule has 0 aromatic heterocycles. The van der Waals surface area contributed by atoms with Gasteiger partial charge in [-0.15, -0.1) is 0 Å². The van der Waals surface area contributed by atoms with Crippen molar-refractivity contribution in [1.29, 1.82) is 0 Å². The Morgan fingerprint density at radius 3 is 2.67 bits per heavy atom. The number of hydrogen-bond acceptors (Lipinski definition) is 1. The van der Waals surface area contributed by atoms with Crippen molar-refractivity contribution in [3.63, 3.8) is 0 Å². The lowest BCUT2D eigenvalue weighted by atomic mass is 10.2. The van der Waals surface area contributed by atoms with Crippen LogP contribution in [0, 0.1) is 0 Å². The summed E-state index contributed by atoms with van der Waals surface area (Å²) < 4.78 is 0. The molecule has 0 amide bonds. The predicted molar refractivity (Wildman–Crippen MR) is 53.0 cm³/mol. The van der Waals surface area contributed by atoms with Crippen molar-refractivity contribution in [2.24, 2.45) is 0 Å². The molecule has 0 aromatic carbocycles. The lowest BCUT2D eigenvalue weighted by molar-refractivity contribution is -0.117. The number of carbonyl (C=O) groups excluding carboxylic acids is 1. The molecular weight excluding hydrogens is 148 g/mol. The topological polar surface area (TPSA) is 17.1 Å². The molecule has 0 fully saturated rings. The number of carbonyl (C=O) groups is 1. The summed E-state index contributed by atoms with van der Waals surface area (Å²) in [6.07, 6.45) is 12.2. The molecule has 0 aromatic rings. The molecule has 0 aliphatic heterocycles. The third kappa shape index (κ3) is 8.89. The Hall–Kier alpha value is -1.11. The van der Waals surface area contributed by atoms with Gasteiger partial charge in [0.15, 0.2) is 0 Å². The van der Waals surface area contributed by atoms with Crippen molar-refractivity contribution < 1.29 is 4.79 Å². The van der Waals surface area contributed by atoms with E-state index >= 15 is 0 Å². The predicted octanol–water partition coefficient (Wildman–Crippen LogP) is 3.04. The van der Waals surface area contributed by atoms with Gasteiger partial charge in [-0.05, 0) is 19.8 Å². The van der Waals surface area contributed by atoms with E-state index in [2.05, 4.69) is 12.7 Å². The molecule has 0 N–H and O–H groups in total. The minimum atomic E-state index is 0.269. The molecule has 1 heteroatoms. The highest BCUT2D eigenvalue weighted by molar-refractivity contribution is 5.75. The first-order valence-corrected chi connectivity index (χ1v) is 4.21. The SMILES string of the molecule is C=C/C=C\C=C/CCCC(C)=O. The quantitative estimate of drug-likeness (QED) is 0.435. The van der Waals surface area contributed by atoms with E-state index in [1.54, 1.807) is 13.0 Å². The van der Waals surface area contributed by atoms with Crippen molar-refractivity contribution in [2.75, 3.05) is 0 Å². The first kappa shape index (κ1) is 10.9. The molecule has 0 spiro atoms. The summed E-state index contributed by atoms with van der Waals surface area (Å²) in [6.45, 7) is 5.18. The Kier molecular flexibility index (Phi) is 7.25. The zero-order valence-electron chi connectivity index (χ0n) is 7.62. The van der Waals surface area contributed by atoms with Gasteiger partial charge in [-0.1, -0.05) is 37.0 Å². The fraction of sp³-hybridized carbons (Fsp3) is 0.364. The van der Waals surface area contributed by atoms with E-state index < -0.39 is 0 Å². The van der Waals surface area contributed by atoms with Crippen molar-refractivity contribution >= 4 is 5.78 Å². The van der Waals surface area contributed by atoms with E-state index in [0.29, 0.717) is 6.42 Å². The lowest BCUT2D eigenvalue weighted by Gasteiger charge is -1.89. The molecule has 0 bridgehead atoms. The number of hydrogen-bond donors (Lipinski definition) is 0. The monoisotopic (exact) mass is 164 g/mol. The molecule has 0 saturated carbocycles. The summed E-state index contributed by atoms with van der Waals surface area (Å²) >= 11 is 0. The second-order valence-electron chi connectivity index (χ2n) is 2.64. The van der Waals surface area contributed by atoms with Crippen molar-refractivity contribution in [2.45, 2.75) is 26.2 Å². The number of rotatable bonds is 6. The second-order valence-corrected chi connectivity index (χ2v) is 2.64. The minimum Gasteiger partial charge on any atom is -0.300 e. The summed E-state index contributed by atoms with van der Waals surface area (Å²) in [5.74, 6) is 0.269. The molecule has 12 heavy (non-hydrogen) atoms. The van der Waals surface area contributed by atoms with Crippen LogP contribution in [-0.4, -0.2) is 5.78 Å². The zero-order chi connectivity index (χ0) is 9.23. The zero-order valence-corrected chi connectivity index (χ0v) is 7.62. The van der Waals surface area contributed by atoms with Crippen LogP contribution in [0.4, 0.5) is 0 Å². The largest absolute Gasteiger partial charge is 0.300 e. The minimum absolute atomic E-state index is 0.269. The summed E-state index contributed by atoms with van der Waals surface area (Å²) in [7, 11) is 0. The van der Waals surface area contributed by atoms with Crippen LogP contribution in [0.1, 0.15) is 26.2 Å². The fourth-order valence-electron chi connectivity index (χ4n) is 0.786. The standard InChI is InChI=1S/C11H16O/c1-3-4-5-6-7-8-9-10-11(2)12/h3-7H,1,8-10H2,2H3/b5-4-,7-6-. The third-order valence-electron chi connectivity index (χ3n) is 1.39. The Labute approximate surface area is 74.5 Å². The lowest BCUT2D eigenvalue weighted by Crippen LogP contribution is -1.87. The van der Waals surface area contributed by atoms with Crippen LogP contribution < -0.4 is 0 Å². The molecule has 0 radical (unpaired) electrons. The van der Waals surface area contributed by atoms with Gasteiger partial charge in [0.1, 0.15) is 5.78 Å². The van der Waals surface area contributed by atoms with E-state index in [1.165, 1.54) is 0 Å². The van der Waals surface area contributed by atoms with Gasteiger partial charge in [0.2, 0.25) is 0 Å². The average molecular weight is 164 g/mol. The van der Waals surface area contributed by atoms with E-state index in [1.807, 2.05) is 18.2 Å². The van der Waals surface area contributed by atoms with Crippen molar-refractivity contribution in [1.82, 2.24) is 0 Å². The van der Waals surface area contributed by atoms with E-state index in [-0.39, 0.29) is 5.78 Å². The molecule has 0 aliphatic rings. The van der Waals surface area contributed by atoms with Crippen molar-refractivity contribution in [3.8, 4) is 0 Å². The van der Waals surface area contributed by atoms with Crippen LogP contribution in [-0.2, 0) is 4.79 Å². The summed E-state index contributed by atoms with van der Waals surface area (Å²) in [5.41, 5.74) is 0. The highest BCUT2D eigenvalue weighted by Gasteiger charge is 1.89. The van der Waals surface area contributed by atoms with Gasteiger partial charge in [-0.3, -0.25) is 0 Å². The molecule has 0 atom stereocenters. The van der Waals surface area contributed by atoms with Gasteiger partial charge in [0.25, 0.3) is 0 Å². The highest BCUT2D eigenvalue weighted by Crippen LogP contribution is 1.97. The molecule has 0 rings (SSSR count). The second kappa shape index (κ2) is 7.99. The molecule has 0 saturated heterocycles. The van der Waals surface area contributed by atoms with Crippen molar-refractivity contribution in [3.05, 3.63) is 37.0 Å². The van der Waals surface area contributed by atoms with E-state index in [0.717, 1.165) is 12.8 Å². The van der Waals surface area contributed by atoms with Gasteiger partial charge >= 0.3 is 0 Å². The number of ketones is 1. The van der Waals surface area contributed by atoms with Gasteiger partial charge < -0.3 is 4.79 Å². The normalized spacial score (nSPS) is 11.1. The van der Waals surface area contributed by atoms with Gasteiger partial charge in [0, 0.05) is 6.42 Å². The van der Waals surface area contributed by atoms with E-state index in [4.69, 9.17) is 0 Å². The van der Waals surface area contributed by atoms with Crippen LogP contribution in [0.3, 0.4) is 0 Å². The first-order chi connectivity index (χ1) is 5.77. The maximum Gasteiger partial charge on any atom is 0.129 e. The maximum absolute atomic E-state index is 10.5. The smallest absolute Gasteiger partial charge is 0.129 e. The average Bonchev–Trinajstić information content (AvgIpc) is 2.02. The first-order valence-electron chi connectivity index (χ1n) is 4.21. The molecule has 66 valence electrons. The summed E-state index contributed by atoms with van der Waals surface area (Å²) in [6, 6.07) is 0. The Morgan fingerprint density at radius 2 is 2.08 bits per heavy atom. The van der Waals surface area contributed by atoms with Crippen LogP contribution in [0.15, 0.2) is 37.0 Å². The van der Waals surface area contributed by atoms with Gasteiger partial charge in [-0.25, -0.2) is 0 Å².